The molecule has 0 radical (unpaired) electrons. The van der Waals surface area contributed by atoms with Crippen molar-refractivity contribution in [1.29, 1.82) is 0 Å². The molecule has 1 aromatic rings. The summed E-state index contributed by atoms with van der Waals surface area (Å²) in [5.74, 6) is -1.59. The van der Waals surface area contributed by atoms with E-state index >= 15 is 0 Å². The second kappa shape index (κ2) is 4.35. The molecule has 1 rings (SSSR count). The van der Waals surface area contributed by atoms with Gasteiger partial charge in [0.05, 0.1) is 17.9 Å². The van der Waals surface area contributed by atoms with Crippen LogP contribution in [0.15, 0.2) is 6.20 Å². The molecule has 0 fully saturated rings. The van der Waals surface area contributed by atoms with E-state index in [9.17, 15) is 9.59 Å². The van der Waals surface area contributed by atoms with Crippen LogP contribution in [0.4, 0.5) is 0 Å². The first-order valence-corrected chi connectivity index (χ1v) is 5.06. The average Bonchev–Trinajstić information content (AvgIpc) is 2.70. The molecule has 82 valence electrons. The van der Waals surface area contributed by atoms with E-state index in [1.54, 1.807) is 6.92 Å². The molecule has 1 amide bonds. The van der Waals surface area contributed by atoms with Gasteiger partial charge in [-0.25, -0.2) is 4.79 Å². The summed E-state index contributed by atoms with van der Waals surface area (Å²) in [6.45, 7) is 3.14. The molecule has 15 heavy (non-hydrogen) atoms. The Morgan fingerprint density at radius 1 is 1.67 bits per heavy atom. The van der Waals surface area contributed by atoms with Crippen LogP contribution in [0.1, 0.15) is 30.8 Å². The monoisotopic (exact) mass is 229 g/mol. The van der Waals surface area contributed by atoms with Gasteiger partial charge in [0.2, 0.25) is 0 Å². The number of aliphatic carboxylic acids is 1. The van der Waals surface area contributed by atoms with Crippen LogP contribution in [0.5, 0.6) is 0 Å². The summed E-state index contributed by atoms with van der Waals surface area (Å²) in [4.78, 5) is 22.4. The Hall–Kier alpha value is -1.50. The number of hydrogen-bond donors (Lipinski definition) is 2. The van der Waals surface area contributed by atoms with Crippen LogP contribution in [0.25, 0.3) is 0 Å². The largest absolute Gasteiger partial charge is 0.480 e. The Kier molecular flexibility index (Phi) is 3.35. The molecule has 0 aliphatic carbocycles. The molecule has 0 saturated carbocycles. The summed E-state index contributed by atoms with van der Waals surface area (Å²) < 4.78 is 7.39. The summed E-state index contributed by atoms with van der Waals surface area (Å²) in [5.41, 5.74) is -1.12. The maximum atomic E-state index is 11.5. The molecular weight excluding hydrogens is 218 g/mol. The average molecular weight is 229 g/mol. The first-order valence-electron chi connectivity index (χ1n) is 4.33. The highest BCUT2D eigenvalue weighted by Crippen LogP contribution is 2.10. The van der Waals surface area contributed by atoms with Gasteiger partial charge < -0.3 is 10.4 Å². The van der Waals surface area contributed by atoms with Crippen molar-refractivity contribution in [2.75, 3.05) is 0 Å². The highest BCUT2D eigenvalue weighted by Gasteiger charge is 2.33. The van der Waals surface area contributed by atoms with E-state index in [2.05, 4.69) is 14.1 Å². The molecule has 0 bridgehead atoms. The molecule has 7 heteroatoms. The summed E-state index contributed by atoms with van der Waals surface area (Å²) >= 11 is 0.902. The number of hydrogen-bond acceptors (Lipinski definition) is 5. The Morgan fingerprint density at radius 2 is 2.33 bits per heavy atom. The Labute approximate surface area is 90.7 Å². The first kappa shape index (κ1) is 11.6. The van der Waals surface area contributed by atoms with Crippen molar-refractivity contribution in [2.24, 2.45) is 0 Å². The molecule has 1 heterocycles. The van der Waals surface area contributed by atoms with Crippen LogP contribution in [0.2, 0.25) is 0 Å². The molecule has 0 aliphatic heterocycles. The fraction of sp³-hybridized carbons (Fsp3) is 0.500. The Balaban J connectivity index is 2.77. The van der Waals surface area contributed by atoms with Crippen LogP contribution in [0.3, 0.4) is 0 Å². The van der Waals surface area contributed by atoms with E-state index in [4.69, 9.17) is 5.11 Å². The minimum absolute atomic E-state index is 0.140. The van der Waals surface area contributed by atoms with Crippen molar-refractivity contribution in [3.63, 3.8) is 0 Å². The van der Waals surface area contributed by atoms with Gasteiger partial charge in [0.25, 0.3) is 5.91 Å². The minimum Gasteiger partial charge on any atom is -0.480 e. The van der Waals surface area contributed by atoms with Gasteiger partial charge in [-0.2, -0.15) is 8.75 Å². The van der Waals surface area contributed by atoms with E-state index in [-0.39, 0.29) is 5.69 Å². The van der Waals surface area contributed by atoms with Crippen LogP contribution in [0, 0.1) is 0 Å². The molecule has 1 unspecified atom stereocenters. The molecule has 6 nitrogen and oxygen atoms in total. The fourth-order valence-electron chi connectivity index (χ4n) is 0.872. The van der Waals surface area contributed by atoms with Gasteiger partial charge in [-0.3, -0.25) is 4.79 Å². The van der Waals surface area contributed by atoms with Gasteiger partial charge in [0, 0.05) is 0 Å². The van der Waals surface area contributed by atoms with Crippen LogP contribution >= 0.6 is 11.7 Å². The van der Waals surface area contributed by atoms with Crippen molar-refractivity contribution in [3.8, 4) is 0 Å². The number of carboxylic acids is 1. The van der Waals surface area contributed by atoms with Crippen LogP contribution in [-0.4, -0.2) is 31.3 Å². The first-order chi connectivity index (χ1) is 6.99. The van der Waals surface area contributed by atoms with Gasteiger partial charge >= 0.3 is 5.97 Å². The molecule has 0 aliphatic rings. The van der Waals surface area contributed by atoms with Crippen molar-refractivity contribution < 1.29 is 14.7 Å². The van der Waals surface area contributed by atoms with Gasteiger partial charge in [-0.05, 0) is 13.3 Å². The zero-order chi connectivity index (χ0) is 11.5. The number of carbonyl (C=O) groups is 2. The SMILES string of the molecule is CCC(C)(NC(=O)c1cnsn1)C(=O)O. The second-order valence-electron chi connectivity index (χ2n) is 3.24. The van der Waals surface area contributed by atoms with Crippen molar-refractivity contribution in [2.45, 2.75) is 25.8 Å². The summed E-state index contributed by atoms with van der Waals surface area (Å²) in [7, 11) is 0. The number of aromatic nitrogens is 2. The minimum atomic E-state index is -1.26. The highest BCUT2D eigenvalue weighted by atomic mass is 32.1. The van der Waals surface area contributed by atoms with E-state index < -0.39 is 17.4 Å². The third-order valence-corrected chi connectivity index (χ3v) is 2.64. The molecular formula is C8H11N3O3S. The van der Waals surface area contributed by atoms with Crippen molar-refractivity contribution in [1.82, 2.24) is 14.1 Å². The lowest BCUT2D eigenvalue weighted by Gasteiger charge is -2.23. The van der Waals surface area contributed by atoms with Gasteiger partial charge in [0.15, 0.2) is 5.69 Å². The van der Waals surface area contributed by atoms with E-state index in [0.29, 0.717) is 6.42 Å². The zero-order valence-electron chi connectivity index (χ0n) is 8.35. The normalized spacial score (nSPS) is 14.3. The molecule has 0 spiro atoms. The fourth-order valence-corrected chi connectivity index (χ4v) is 1.28. The number of rotatable bonds is 4. The predicted molar refractivity (Wildman–Crippen MR) is 53.7 cm³/mol. The number of amides is 1. The lowest BCUT2D eigenvalue weighted by Crippen LogP contribution is -2.51. The summed E-state index contributed by atoms with van der Waals surface area (Å²) in [6.07, 6.45) is 1.60. The number of nitrogens with one attached hydrogen (secondary N) is 1. The molecule has 2 N–H and O–H groups in total. The Bertz CT molecular complexity index is 365. The number of carbonyl (C=O) groups excluding carboxylic acids is 1. The number of nitrogens with zero attached hydrogens (tertiary/aromatic N) is 2. The molecule has 0 aromatic carbocycles. The maximum absolute atomic E-state index is 11.5. The third-order valence-electron chi connectivity index (χ3n) is 2.16. The predicted octanol–water partition coefficient (Wildman–Crippen LogP) is 0.521. The summed E-state index contributed by atoms with van der Waals surface area (Å²) in [5, 5.41) is 11.3. The molecule has 1 atom stereocenters. The van der Waals surface area contributed by atoms with Crippen molar-refractivity contribution in [3.05, 3.63) is 11.9 Å². The second-order valence-corrected chi connectivity index (χ2v) is 3.79. The van der Waals surface area contributed by atoms with Gasteiger partial charge in [-0.1, -0.05) is 6.92 Å². The standard InChI is InChI=1S/C8H11N3O3S/c1-3-8(2,7(13)14)10-6(12)5-4-9-15-11-5/h4H,3H2,1-2H3,(H,10,12)(H,13,14). The van der Waals surface area contributed by atoms with Crippen molar-refractivity contribution >= 4 is 23.6 Å². The van der Waals surface area contributed by atoms with Gasteiger partial charge in [-0.15, -0.1) is 0 Å². The van der Waals surface area contributed by atoms with E-state index in [0.717, 1.165) is 11.7 Å². The highest BCUT2D eigenvalue weighted by molar-refractivity contribution is 6.99. The van der Waals surface area contributed by atoms with Crippen LogP contribution in [-0.2, 0) is 4.79 Å². The smallest absolute Gasteiger partial charge is 0.329 e. The van der Waals surface area contributed by atoms with Crippen LogP contribution < -0.4 is 5.32 Å². The lowest BCUT2D eigenvalue weighted by molar-refractivity contribution is -0.143. The Morgan fingerprint density at radius 3 is 2.73 bits per heavy atom. The lowest BCUT2D eigenvalue weighted by atomic mass is 9.99. The number of carboxylic acid groups (broad SMARTS) is 1. The van der Waals surface area contributed by atoms with Gasteiger partial charge in [0.1, 0.15) is 5.54 Å². The molecule has 1 aromatic heterocycles. The van der Waals surface area contributed by atoms with E-state index in [1.165, 1.54) is 13.1 Å². The topological polar surface area (TPSA) is 92.2 Å². The quantitative estimate of drug-likeness (QED) is 0.785. The summed E-state index contributed by atoms with van der Waals surface area (Å²) in [6, 6.07) is 0. The molecule has 0 saturated heterocycles. The zero-order valence-corrected chi connectivity index (χ0v) is 9.17. The third kappa shape index (κ3) is 2.50. The maximum Gasteiger partial charge on any atom is 0.329 e. The van der Waals surface area contributed by atoms with E-state index in [1.807, 2.05) is 0 Å².